The normalized spacial score (nSPS) is 38.2. The first-order valence-corrected chi connectivity index (χ1v) is 6.89. The molecule has 0 unspecified atom stereocenters. The fourth-order valence-electron chi connectivity index (χ4n) is 3.63. The van der Waals surface area contributed by atoms with E-state index < -0.39 is 6.10 Å². The van der Waals surface area contributed by atoms with Crippen LogP contribution in [0.4, 0.5) is 0 Å². The van der Waals surface area contributed by atoms with Crippen molar-refractivity contribution in [3.05, 3.63) is 0 Å². The van der Waals surface area contributed by atoms with Crippen molar-refractivity contribution in [2.45, 2.75) is 70.9 Å². The SMILES string of the molecule is CC(C)C12CCC(NC(=O)[C@H](C)O)(CC1)CC2. The molecule has 0 aliphatic heterocycles. The van der Waals surface area contributed by atoms with Gasteiger partial charge in [0, 0.05) is 5.54 Å². The smallest absolute Gasteiger partial charge is 0.248 e. The Morgan fingerprint density at radius 1 is 1.06 bits per heavy atom. The highest BCUT2D eigenvalue weighted by Crippen LogP contribution is 2.55. The predicted molar refractivity (Wildman–Crippen MR) is 67.5 cm³/mol. The van der Waals surface area contributed by atoms with E-state index in [9.17, 15) is 9.90 Å². The van der Waals surface area contributed by atoms with Gasteiger partial charge in [0.15, 0.2) is 0 Å². The quantitative estimate of drug-likeness (QED) is 0.793. The number of fused-ring (bicyclic) bond motifs is 3. The minimum absolute atomic E-state index is 0.00921. The molecule has 3 heteroatoms. The summed E-state index contributed by atoms with van der Waals surface area (Å²) in [5, 5.41) is 12.4. The van der Waals surface area contributed by atoms with Crippen LogP contribution in [0, 0.1) is 11.3 Å². The second-order valence-corrected chi connectivity index (χ2v) is 6.46. The Hall–Kier alpha value is -0.570. The van der Waals surface area contributed by atoms with Gasteiger partial charge in [0.25, 0.3) is 0 Å². The summed E-state index contributed by atoms with van der Waals surface area (Å²) in [5.41, 5.74) is 0.516. The van der Waals surface area contributed by atoms with E-state index in [1.807, 2.05) is 0 Å². The van der Waals surface area contributed by atoms with E-state index in [0.717, 1.165) is 25.2 Å². The molecule has 0 aromatic carbocycles. The topological polar surface area (TPSA) is 49.3 Å². The van der Waals surface area contributed by atoms with Crippen LogP contribution in [-0.2, 0) is 4.79 Å². The summed E-state index contributed by atoms with van der Waals surface area (Å²) in [6, 6.07) is 0. The van der Waals surface area contributed by atoms with Crippen molar-refractivity contribution >= 4 is 5.91 Å². The van der Waals surface area contributed by atoms with Gasteiger partial charge >= 0.3 is 0 Å². The van der Waals surface area contributed by atoms with Gasteiger partial charge in [0.2, 0.25) is 5.91 Å². The molecule has 3 saturated carbocycles. The second kappa shape index (κ2) is 4.27. The minimum atomic E-state index is -0.886. The molecular weight excluding hydrogens is 214 g/mol. The number of carbonyl (C=O) groups excluding carboxylic acids is 1. The zero-order chi connectivity index (χ0) is 12.7. The van der Waals surface area contributed by atoms with Crippen LogP contribution >= 0.6 is 0 Å². The van der Waals surface area contributed by atoms with Gasteiger partial charge < -0.3 is 10.4 Å². The van der Waals surface area contributed by atoms with Crippen LogP contribution in [0.3, 0.4) is 0 Å². The van der Waals surface area contributed by atoms with E-state index in [4.69, 9.17) is 0 Å². The predicted octanol–water partition coefficient (Wildman–Crippen LogP) is 2.23. The lowest BCUT2D eigenvalue weighted by Crippen LogP contribution is -2.59. The lowest BCUT2D eigenvalue weighted by molar-refractivity contribution is -0.133. The summed E-state index contributed by atoms with van der Waals surface area (Å²) < 4.78 is 0. The summed E-state index contributed by atoms with van der Waals surface area (Å²) in [7, 11) is 0. The number of amides is 1. The lowest BCUT2D eigenvalue weighted by Gasteiger charge is -2.55. The van der Waals surface area contributed by atoms with Gasteiger partial charge in [-0.15, -0.1) is 0 Å². The summed E-state index contributed by atoms with van der Waals surface area (Å²) in [5.74, 6) is 0.539. The van der Waals surface area contributed by atoms with E-state index in [1.165, 1.54) is 26.2 Å². The molecule has 2 bridgehead atoms. The maximum Gasteiger partial charge on any atom is 0.248 e. The largest absolute Gasteiger partial charge is 0.384 e. The number of rotatable bonds is 3. The molecule has 0 radical (unpaired) electrons. The third-order valence-corrected chi connectivity index (χ3v) is 5.30. The molecule has 1 atom stereocenters. The van der Waals surface area contributed by atoms with Crippen LogP contribution in [0.5, 0.6) is 0 Å². The molecule has 0 aromatic rings. The number of carbonyl (C=O) groups is 1. The van der Waals surface area contributed by atoms with Crippen LogP contribution in [0.15, 0.2) is 0 Å². The molecule has 98 valence electrons. The molecule has 3 rings (SSSR count). The first kappa shape index (κ1) is 12.9. The molecular formula is C14H25NO2. The molecule has 2 N–H and O–H groups in total. The van der Waals surface area contributed by atoms with Crippen LogP contribution in [-0.4, -0.2) is 22.7 Å². The number of nitrogens with one attached hydrogen (secondary N) is 1. The molecule has 3 fully saturated rings. The third-order valence-electron chi connectivity index (χ3n) is 5.30. The zero-order valence-electron chi connectivity index (χ0n) is 11.3. The molecule has 3 aliphatic carbocycles. The summed E-state index contributed by atoms with van der Waals surface area (Å²) in [6.07, 6.45) is 6.06. The Bertz CT molecular complexity index is 285. The zero-order valence-corrected chi connectivity index (χ0v) is 11.3. The highest BCUT2D eigenvalue weighted by atomic mass is 16.3. The number of hydrogen-bond acceptors (Lipinski definition) is 2. The Balaban J connectivity index is 2.02. The van der Waals surface area contributed by atoms with Crippen molar-refractivity contribution in [2.24, 2.45) is 11.3 Å². The molecule has 0 aromatic heterocycles. The molecule has 0 saturated heterocycles. The molecule has 1 amide bonds. The van der Waals surface area contributed by atoms with Gasteiger partial charge in [-0.3, -0.25) is 4.79 Å². The van der Waals surface area contributed by atoms with Crippen LogP contribution < -0.4 is 5.32 Å². The Labute approximate surface area is 104 Å². The van der Waals surface area contributed by atoms with Crippen LogP contribution in [0.2, 0.25) is 0 Å². The second-order valence-electron chi connectivity index (χ2n) is 6.46. The highest BCUT2D eigenvalue weighted by molar-refractivity contribution is 5.80. The molecule has 0 spiro atoms. The maximum absolute atomic E-state index is 11.6. The van der Waals surface area contributed by atoms with Crippen molar-refractivity contribution in [1.82, 2.24) is 5.32 Å². The number of hydrogen-bond donors (Lipinski definition) is 2. The highest BCUT2D eigenvalue weighted by Gasteiger charge is 2.50. The fraction of sp³-hybridized carbons (Fsp3) is 0.929. The van der Waals surface area contributed by atoms with E-state index in [-0.39, 0.29) is 11.4 Å². The number of aliphatic hydroxyl groups excluding tert-OH is 1. The van der Waals surface area contributed by atoms with Gasteiger partial charge in [-0.1, -0.05) is 13.8 Å². The Morgan fingerprint density at radius 2 is 1.53 bits per heavy atom. The molecule has 3 aliphatic rings. The van der Waals surface area contributed by atoms with Gasteiger partial charge in [-0.05, 0) is 56.8 Å². The van der Waals surface area contributed by atoms with Crippen molar-refractivity contribution < 1.29 is 9.90 Å². The maximum atomic E-state index is 11.6. The summed E-state index contributed by atoms with van der Waals surface area (Å²) >= 11 is 0. The first-order valence-electron chi connectivity index (χ1n) is 6.89. The van der Waals surface area contributed by atoms with Crippen molar-refractivity contribution in [2.75, 3.05) is 0 Å². The Kier molecular flexibility index (Phi) is 3.23. The minimum Gasteiger partial charge on any atom is -0.384 e. The van der Waals surface area contributed by atoms with Crippen molar-refractivity contribution in [3.63, 3.8) is 0 Å². The van der Waals surface area contributed by atoms with E-state index in [2.05, 4.69) is 19.2 Å². The van der Waals surface area contributed by atoms with Gasteiger partial charge in [-0.25, -0.2) is 0 Å². The molecule has 3 nitrogen and oxygen atoms in total. The van der Waals surface area contributed by atoms with Gasteiger partial charge in [0.05, 0.1) is 0 Å². The Morgan fingerprint density at radius 3 is 1.88 bits per heavy atom. The summed E-state index contributed by atoms with van der Waals surface area (Å²) in [4.78, 5) is 11.6. The third kappa shape index (κ3) is 2.22. The molecule has 0 heterocycles. The lowest BCUT2D eigenvalue weighted by atomic mass is 9.53. The monoisotopic (exact) mass is 239 g/mol. The average molecular weight is 239 g/mol. The van der Waals surface area contributed by atoms with Crippen LogP contribution in [0.25, 0.3) is 0 Å². The first-order chi connectivity index (χ1) is 7.89. The summed E-state index contributed by atoms with van der Waals surface area (Å²) in [6.45, 7) is 6.19. The van der Waals surface area contributed by atoms with Crippen LogP contribution in [0.1, 0.15) is 59.3 Å². The van der Waals surface area contributed by atoms with Crippen molar-refractivity contribution in [1.29, 1.82) is 0 Å². The van der Waals surface area contributed by atoms with E-state index >= 15 is 0 Å². The van der Waals surface area contributed by atoms with E-state index in [0.29, 0.717) is 5.41 Å². The van der Waals surface area contributed by atoms with Gasteiger partial charge in [0.1, 0.15) is 6.10 Å². The van der Waals surface area contributed by atoms with E-state index in [1.54, 1.807) is 0 Å². The fourth-order valence-corrected chi connectivity index (χ4v) is 3.63. The molecule has 17 heavy (non-hydrogen) atoms. The van der Waals surface area contributed by atoms with Crippen molar-refractivity contribution in [3.8, 4) is 0 Å². The standard InChI is InChI=1S/C14H25NO2/c1-10(2)13-4-7-14(8-5-13,9-6-13)15-12(17)11(3)16/h10-11,16H,4-9H2,1-3H3,(H,15,17)/t11-,13?,14?/m0/s1. The van der Waals surface area contributed by atoms with Gasteiger partial charge in [-0.2, -0.15) is 0 Å². The average Bonchev–Trinajstić information content (AvgIpc) is 2.30. The number of aliphatic hydroxyl groups is 1.